The molecule has 0 aliphatic heterocycles. The smallest absolute Gasteiger partial charge is 0.507 e. The molecule has 3 rings (SSSR count). The molecular weight excluding hydrogens is 308 g/mol. The van der Waals surface area contributed by atoms with Gasteiger partial charge in [0.25, 0.3) is 0 Å². The number of aromatic hydroxyl groups is 3. The molecule has 0 unspecified atom stereocenters. The molecule has 2 aromatic carbocycles. The summed E-state index contributed by atoms with van der Waals surface area (Å²) in [5.41, 5.74) is -1.62. The van der Waals surface area contributed by atoms with E-state index in [1.165, 1.54) is 18.2 Å². The lowest BCUT2D eigenvalue weighted by molar-refractivity contribution is 0.0968. The maximum Gasteiger partial charge on any atom is 0.511 e. The van der Waals surface area contributed by atoms with Crippen molar-refractivity contribution in [2.45, 2.75) is 0 Å². The summed E-state index contributed by atoms with van der Waals surface area (Å²) in [6, 6.07) is 4.51. The molecule has 0 radical (unpaired) electrons. The summed E-state index contributed by atoms with van der Waals surface area (Å²) in [6.45, 7) is 0. The summed E-state index contributed by atoms with van der Waals surface area (Å²) in [6.07, 6.45) is -1.76. The van der Waals surface area contributed by atoms with Crippen molar-refractivity contribution in [1.29, 1.82) is 0 Å². The number of ether oxygens (including phenoxy) is 1. The van der Waals surface area contributed by atoms with Gasteiger partial charge in [-0.15, -0.1) is 0 Å². The topological polar surface area (TPSA) is 141 Å². The van der Waals surface area contributed by atoms with Gasteiger partial charge in [0.2, 0.25) is 5.78 Å². The third-order valence-corrected chi connectivity index (χ3v) is 3.41. The largest absolute Gasteiger partial charge is 0.511 e. The maximum atomic E-state index is 12.5. The normalized spacial score (nSPS) is 12.5. The third-order valence-electron chi connectivity index (χ3n) is 3.41. The summed E-state index contributed by atoms with van der Waals surface area (Å²) in [7, 11) is 0. The molecule has 0 saturated heterocycles. The molecule has 0 saturated carbocycles. The molecule has 1 aliphatic rings. The van der Waals surface area contributed by atoms with Crippen molar-refractivity contribution in [1.82, 2.24) is 0 Å². The van der Waals surface area contributed by atoms with Gasteiger partial charge in [0.05, 0.1) is 16.7 Å². The lowest BCUT2D eigenvalue weighted by Crippen LogP contribution is -2.23. The molecule has 0 aromatic heterocycles. The zero-order chi connectivity index (χ0) is 16.9. The summed E-state index contributed by atoms with van der Waals surface area (Å²) in [5, 5.41) is 38.1. The van der Waals surface area contributed by atoms with Gasteiger partial charge in [-0.1, -0.05) is 12.1 Å². The van der Waals surface area contributed by atoms with Gasteiger partial charge in [-0.2, -0.15) is 0 Å². The van der Waals surface area contributed by atoms with E-state index in [4.69, 9.17) is 5.11 Å². The molecule has 23 heavy (non-hydrogen) atoms. The van der Waals surface area contributed by atoms with Gasteiger partial charge in [-0.25, -0.2) is 4.79 Å². The van der Waals surface area contributed by atoms with E-state index in [1.807, 2.05) is 0 Å². The Kier molecular flexibility index (Phi) is 2.96. The number of fused-ring (bicyclic) bond motifs is 2. The molecule has 0 atom stereocenters. The highest BCUT2D eigenvalue weighted by molar-refractivity contribution is 6.31. The van der Waals surface area contributed by atoms with Crippen LogP contribution < -0.4 is 4.74 Å². The van der Waals surface area contributed by atoms with Gasteiger partial charge in [0.15, 0.2) is 17.3 Å². The highest BCUT2D eigenvalue weighted by Gasteiger charge is 2.38. The van der Waals surface area contributed by atoms with Crippen LogP contribution in [0.4, 0.5) is 4.79 Å². The average molecular weight is 316 g/mol. The summed E-state index contributed by atoms with van der Waals surface area (Å²) in [4.78, 5) is 35.8. The maximum absolute atomic E-state index is 12.5. The zero-order valence-electron chi connectivity index (χ0n) is 11.2. The standard InChI is InChI=1S/C15H8O8/c16-6-3-1-2-5-9(6)14(20)11-10(12(5)18)8(23-15(21)22)4-7(17)13(11)19/h1-4,16-17,19H,(H,21,22). The zero-order valence-corrected chi connectivity index (χ0v) is 11.2. The molecule has 0 spiro atoms. The molecule has 0 bridgehead atoms. The van der Waals surface area contributed by atoms with Crippen molar-refractivity contribution in [2.75, 3.05) is 0 Å². The van der Waals surface area contributed by atoms with Crippen LogP contribution in [0.2, 0.25) is 0 Å². The number of phenols is 3. The average Bonchev–Trinajstić information content (AvgIpc) is 2.47. The highest BCUT2D eigenvalue weighted by atomic mass is 16.7. The number of ketones is 2. The first-order chi connectivity index (χ1) is 10.8. The van der Waals surface area contributed by atoms with E-state index in [0.717, 1.165) is 6.07 Å². The van der Waals surface area contributed by atoms with Gasteiger partial charge < -0.3 is 25.2 Å². The van der Waals surface area contributed by atoms with Crippen LogP contribution in [0.25, 0.3) is 0 Å². The minimum absolute atomic E-state index is 0.164. The fraction of sp³-hybridized carbons (Fsp3) is 0. The summed E-state index contributed by atoms with van der Waals surface area (Å²) < 4.78 is 4.42. The van der Waals surface area contributed by atoms with Gasteiger partial charge in [-0.3, -0.25) is 9.59 Å². The molecule has 0 heterocycles. The number of phenolic OH excluding ortho intramolecular Hbond substituents is 3. The van der Waals surface area contributed by atoms with E-state index >= 15 is 0 Å². The molecule has 8 heteroatoms. The van der Waals surface area contributed by atoms with E-state index in [0.29, 0.717) is 0 Å². The van der Waals surface area contributed by atoms with Crippen LogP contribution in [0.1, 0.15) is 31.8 Å². The Morgan fingerprint density at radius 3 is 2.26 bits per heavy atom. The van der Waals surface area contributed by atoms with Crippen LogP contribution >= 0.6 is 0 Å². The van der Waals surface area contributed by atoms with Crippen molar-refractivity contribution < 1.29 is 39.5 Å². The van der Waals surface area contributed by atoms with E-state index < -0.39 is 51.8 Å². The van der Waals surface area contributed by atoms with Gasteiger partial charge >= 0.3 is 6.16 Å². The van der Waals surface area contributed by atoms with Crippen LogP contribution in [0.15, 0.2) is 24.3 Å². The third kappa shape index (κ3) is 1.96. The van der Waals surface area contributed by atoms with Crippen LogP contribution in [-0.4, -0.2) is 38.1 Å². The number of carbonyl (C=O) groups excluding carboxylic acids is 2. The highest BCUT2D eigenvalue weighted by Crippen LogP contribution is 2.44. The van der Waals surface area contributed by atoms with Crippen LogP contribution in [-0.2, 0) is 0 Å². The Balaban J connectivity index is 2.38. The number of hydrogen-bond acceptors (Lipinski definition) is 7. The first-order valence-corrected chi connectivity index (χ1v) is 6.24. The first kappa shape index (κ1) is 14.4. The molecule has 8 nitrogen and oxygen atoms in total. The van der Waals surface area contributed by atoms with E-state index in [1.54, 1.807) is 0 Å². The van der Waals surface area contributed by atoms with Crippen LogP contribution in [0, 0.1) is 0 Å². The molecule has 0 amide bonds. The van der Waals surface area contributed by atoms with Crippen molar-refractivity contribution >= 4 is 17.7 Å². The minimum Gasteiger partial charge on any atom is -0.507 e. The summed E-state index contributed by atoms with van der Waals surface area (Å²) >= 11 is 0. The van der Waals surface area contributed by atoms with Crippen molar-refractivity contribution in [3.8, 4) is 23.0 Å². The van der Waals surface area contributed by atoms with Gasteiger partial charge in [-0.05, 0) is 6.07 Å². The number of hydrogen-bond donors (Lipinski definition) is 4. The predicted octanol–water partition coefficient (Wildman–Crippen LogP) is 1.64. The van der Waals surface area contributed by atoms with Gasteiger partial charge in [0, 0.05) is 11.6 Å². The molecule has 1 aliphatic carbocycles. The van der Waals surface area contributed by atoms with Crippen molar-refractivity contribution in [3.05, 3.63) is 46.5 Å². The lowest BCUT2D eigenvalue weighted by atomic mass is 9.82. The second-order valence-electron chi connectivity index (χ2n) is 4.72. The second-order valence-corrected chi connectivity index (χ2v) is 4.72. The molecule has 4 N–H and O–H groups in total. The second kappa shape index (κ2) is 4.73. The number of benzene rings is 2. The molecule has 116 valence electrons. The Hall–Kier alpha value is -3.55. The van der Waals surface area contributed by atoms with E-state index in [-0.39, 0.29) is 11.1 Å². The Morgan fingerprint density at radius 1 is 0.913 bits per heavy atom. The predicted molar refractivity (Wildman–Crippen MR) is 73.4 cm³/mol. The molecular formula is C15H8O8. The fourth-order valence-corrected chi connectivity index (χ4v) is 2.48. The first-order valence-electron chi connectivity index (χ1n) is 6.24. The fourth-order valence-electron chi connectivity index (χ4n) is 2.48. The quantitative estimate of drug-likeness (QED) is 0.301. The Bertz CT molecular complexity index is 897. The van der Waals surface area contributed by atoms with Crippen molar-refractivity contribution in [3.63, 3.8) is 0 Å². The Labute approximate surface area is 127 Å². The lowest BCUT2D eigenvalue weighted by Gasteiger charge is -2.21. The van der Waals surface area contributed by atoms with Crippen LogP contribution in [0.5, 0.6) is 23.0 Å². The molecule has 0 fully saturated rings. The number of carboxylic acid groups (broad SMARTS) is 1. The molecule has 2 aromatic rings. The summed E-state index contributed by atoms with van der Waals surface area (Å²) in [5.74, 6) is -4.55. The van der Waals surface area contributed by atoms with E-state index in [9.17, 15) is 29.7 Å². The van der Waals surface area contributed by atoms with E-state index in [2.05, 4.69) is 4.74 Å². The SMILES string of the molecule is O=C(O)Oc1cc(O)c(O)c2c1C(=O)c1cccc(O)c1C2=O. The van der Waals surface area contributed by atoms with Crippen LogP contribution in [0.3, 0.4) is 0 Å². The van der Waals surface area contributed by atoms with Gasteiger partial charge in [0.1, 0.15) is 11.5 Å². The number of carbonyl (C=O) groups is 3. The monoisotopic (exact) mass is 316 g/mol. The number of rotatable bonds is 1. The minimum atomic E-state index is -1.76. The van der Waals surface area contributed by atoms with Crippen molar-refractivity contribution in [2.24, 2.45) is 0 Å². The Morgan fingerprint density at radius 2 is 1.61 bits per heavy atom.